The molecule has 0 aliphatic carbocycles. The van der Waals surface area contributed by atoms with Gasteiger partial charge in [-0.15, -0.1) is 6.58 Å². The zero-order valence-electron chi connectivity index (χ0n) is 11.6. The van der Waals surface area contributed by atoms with E-state index < -0.39 is 0 Å². The highest BCUT2D eigenvalue weighted by Gasteiger charge is 2.07. The number of allylic oxidation sites excluding steroid dienone is 2. The summed E-state index contributed by atoms with van der Waals surface area (Å²) in [7, 11) is 0. The van der Waals surface area contributed by atoms with E-state index in [9.17, 15) is 0 Å². The second-order valence-electron chi connectivity index (χ2n) is 5.42. The number of hydrogen-bond donors (Lipinski definition) is 1. The van der Waals surface area contributed by atoms with Gasteiger partial charge in [0.1, 0.15) is 0 Å². The van der Waals surface area contributed by atoms with Gasteiger partial charge in [-0.05, 0) is 56.7 Å². The van der Waals surface area contributed by atoms with E-state index in [-0.39, 0.29) is 0 Å². The maximum Gasteiger partial charge on any atom is 0.0381 e. The molecule has 1 aromatic heterocycles. The second-order valence-corrected chi connectivity index (χ2v) is 5.42. The summed E-state index contributed by atoms with van der Waals surface area (Å²) in [5.74, 6) is 1.33. The molecule has 1 heterocycles. The monoisotopic (exact) mass is 231 g/mol. The summed E-state index contributed by atoms with van der Waals surface area (Å²) in [5, 5.41) is 0. The lowest BCUT2D eigenvalue weighted by molar-refractivity contribution is 0.473. The molecule has 0 bridgehead atoms. The number of aromatic nitrogens is 1. The Morgan fingerprint density at radius 1 is 1.41 bits per heavy atom. The van der Waals surface area contributed by atoms with Crippen LogP contribution < -0.4 is 0 Å². The Bertz CT molecular complexity index is 382. The third kappa shape index (κ3) is 5.08. The number of aryl methyl sites for hydroxylation is 1. The molecule has 94 valence electrons. The summed E-state index contributed by atoms with van der Waals surface area (Å²) in [6.45, 7) is 12.8. The molecule has 0 fully saturated rings. The summed E-state index contributed by atoms with van der Waals surface area (Å²) in [6.07, 6.45) is 6.67. The first-order valence-corrected chi connectivity index (χ1v) is 6.46. The van der Waals surface area contributed by atoms with Crippen molar-refractivity contribution in [2.24, 2.45) is 11.8 Å². The van der Waals surface area contributed by atoms with E-state index in [1.54, 1.807) is 0 Å². The number of rotatable bonds is 6. The van der Waals surface area contributed by atoms with Crippen LogP contribution >= 0.6 is 0 Å². The minimum absolute atomic E-state index is 0.599. The fraction of sp³-hybridized carbons (Fsp3) is 0.500. The Hall–Kier alpha value is -1.24. The van der Waals surface area contributed by atoms with Crippen molar-refractivity contribution in [3.8, 4) is 0 Å². The molecule has 1 nitrogen and oxygen atoms in total. The van der Waals surface area contributed by atoms with Crippen molar-refractivity contribution in [1.29, 1.82) is 0 Å². The second kappa shape index (κ2) is 6.48. The van der Waals surface area contributed by atoms with Gasteiger partial charge in [0.2, 0.25) is 0 Å². The molecular weight excluding hydrogens is 206 g/mol. The summed E-state index contributed by atoms with van der Waals surface area (Å²) in [5.41, 5.74) is 3.83. The lowest BCUT2D eigenvalue weighted by Gasteiger charge is -2.15. The average Bonchev–Trinajstić information content (AvgIpc) is 2.62. The molecule has 1 heteroatoms. The maximum atomic E-state index is 3.94. The number of hydrogen-bond acceptors (Lipinski definition) is 0. The van der Waals surface area contributed by atoms with E-state index in [1.807, 2.05) is 0 Å². The first-order chi connectivity index (χ1) is 8.01. The van der Waals surface area contributed by atoms with Gasteiger partial charge in [0.25, 0.3) is 0 Å². The SMILES string of the molecule is C=CC(C/C(C)=C/c1ccc(C)[nH]1)CC(C)C. The predicted molar refractivity (Wildman–Crippen MR) is 76.9 cm³/mol. The molecule has 0 aliphatic heterocycles. The third-order valence-electron chi connectivity index (χ3n) is 2.95. The summed E-state index contributed by atoms with van der Waals surface area (Å²) in [6, 6.07) is 4.24. The van der Waals surface area contributed by atoms with Crippen molar-refractivity contribution in [2.75, 3.05) is 0 Å². The van der Waals surface area contributed by atoms with E-state index in [0.29, 0.717) is 5.92 Å². The molecule has 1 rings (SSSR count). The molecular formula is C16H25N. The Morgan fingerprint density at radius 3 is 2.59 bits per heavy atom. The molecule has 0 aromatic carbocycles. The van der Waals surface area contributed by atoms with Crippen LogP contribution in [0, 0.1) is 18.8 Å². The first-order valence-electron chi connectivity index (χ1n) is 6.46. The highest BCUT2D eigenvalue weighted by Crippen LogP contribution is 2.21. The van der Waals surface area contributed by atoms with Crippen LogP contribution in [0.5, 0.6) is 0 Å². The number of aromatic amines is 1. The minimum Gasteiger partial charge on any atom is -0.359 e. The molecule has 0 saturated carbocycles. The van der Waals surface area contributed by atoms with Crippen LogP contribution in [0.4, 0.5) is 0 Å². The van der Waals surface area contributed by atoms with Crippen LogP contribution in [0.3, 0.4) is 0 Å². The van der Waals surface area contributed by atoms with Gasteiger partial charge in [0.15, 0.2) is 0 Å². The molecule has 0 saturated heterocycles. The summed E-state index contributed by atoms with van der Waals surface area (Å²) in [4.78, 5) is 3.34. The van der Waals surface area contributed by atoms with Crippen molar-refractivity contribution in [3.63, 3.8) is 0 Å². The zero-order chi connectivity index (χ0) is 12.8. The molecule has 0 aliphatic rings. The topological polar surface area (TPSA) is 15.8 Å². The number of H-pyrrole nitrogens is 1. The molecule has 0 radical (unpaired) electrons. The van der Waals surface area contributed by atoms with Crippen molar-refractivity contribution in [2.45, 2.75) is 40.5 Å². The van der Waals surface area contributed by atoms with Gasteiger partial charge in [-0.1, -0.05) is 25.5 Å². The van der Waals surface area contributed by atoms with Crippen LogP contribution in [0.2, 0.25) is 0 Å². The van der Waals surface area contributed by atoms with E-state index >= 15 is 0 Å². The van der Waals surface area contributed by atoms with Crippen molar-refractivity contribution >= 4 is 6.08 Å². The third-order valence-corrected chi connectivity index (χ3v) is 2.95. The van der Waals surface area contributed by atoms with Gasteiger partial charge >= 0.3 is 0 Å². The average molecular weight is 231 g/mol. The van der Waals surface area contributed by atoms with Crippen LogP contribution in [0.15, 0.2) is 30.4 Å². The Kier molecular flexibility index (Phi) is 5.27. The zero-order valence-corrected chi connectivity index (χ0v) is 11.6. The number of nitrogens with one attached hydrogen (secondary N) is 1. The largest absolute Gasteiger partial charge is 0.359 e. The van der Waals surface area contributed by atoms with Crippen molar-refractivity contribution < 1.29 is 0 Å². The molecule has 17 heavy (non-hydrogen) atoms. The summed E-state index contributed by atoms with van der Waals surface area (Å²) >= 11 is 0. The van der Waals surface area contributed by atoms with E-state index in [1.165, 1.54) is 23.4 Å². The predicted octanol–water partition coefficient (Wildman–Crippen LogP) is 4.96. The van der Waals surface area contributed by atoms with Gasteiger partial charge in [0, 0.05) is 11.4 Å². The molecule has 0 spiro atoms. The lowest BCUT2D eigenvalue weighted by atomic mass is 9.91. The van der Waals surface area contributed by atoms with Gasteiger partial charge in [-0.3, -0.25) is 0 Å². The smallest absolute Gasteiger partial charge is 0.0381 e. The van der Waals surface area contributed by atoms with E-state index in [2.05, 4.69) is 63.5 Å². The summed E-state index contributed by atoms with van der Waals surface area (Å²) < 4.78 is 0. The molecule has 1 unspecified atom stereocenters. The van der Waals surface area contributed by atoms with Crippen molar-refractivity contribution in [3.05, 3.63) is 41.7 Å². The van der Waals surface area contributed by atoms with Gasteiger partial charge < -0.3 is 4.98 Å². The minimum atomic E-state index is 0.599. The normalized spacial score (nSPS) is 14.1. The first kappa shape index (κ1) is 13.8. The molecule has 0 amide bonds. The van der Waals surface area contributed by atoms with Gasteiger partial charge in [-0.2, -0.15) is 0 Å². The molecule has 1 aromatic rings. The highest BCUT2D eigenvalue weighted by atomic mass is 14.7. The lowest BCUT2D eigenvalue weighted by Crippen LogP contribution is -2.01. The van der Waals surface area contributed by atoms with Gasteiger partial charge in [0.05, 0.1) is 0 Å². The quantitative estimate of drug-likeness (QED) is 0.666. The van der Waals surface area contributed by atoms with Crippen molar-refractivity contribution in [1.82, 2.24) is 4.98 Å². The fourth-order valence-electron chi connectivity index (χ4n) is 2.22. The van der Waals surface area contributed by atoms with Crippen LogP contribution in [-0.2, 0) is 0 Å². The molecule has 1 N–H and O–H groups in total. The molecule has 1 atom stereocenters. The van der Waals surface area contributed by atoms with E-state index in [0.717, 1.165) is 12.3 Å². The van der Waals surface area contributed by atoms with Gasteiger partial charge in [-0.25, -0.2) is 0 Å². The van der Waals surface area contributed by atoms with Crippen LogP contribution in [0.1, 0.15) is 45.0 Å². The van der Waals surface area contributed by atoms with Crippen LogP contribution in [0.25, 0.3) is 6.08 Å². The van der Waals surface area contributed by atoms with Crippen LogP contribution in [-0.4, -0.2) is 4.98 Å². The Labute approximate surface area is 106 Å². The Morgan fingerprint density at radius 2 is 2.12 bits per heavy atom. The fourth-order valence-corrected chi connectivity index (χ4v) is 2.22. The standard InChI is InChI=1S/C16H25N/c1-6-15(9-12(2)3)10-13(4)11-16-8-7-14(5)17-16/h6-8,11-12,15,17H,1,9-10H2,2-5H3/b13-11+. The highest BCUT2D eigenvalue weighted by molar-refractivity contribution is 5.49. The van der Waals surface area contributed by atoms with E-state index in [4.69, 9.17) is 0 Å². The maximum absolute atomic E-state index is 3.94. The Balaban J connectivity index is 2.60.